The zero-order chi connectivity index (χ0) is 22.7. The summed E-state index contributed by atoms with van der Waals surface area (Å²) in [6.45, 7) is 3.79. The summed E-state index contributed by atoms with van der Waals surface area (Å²) in [7, 11) is 0. The summed E-state index contributed by atoms with van der Waals surface area (Å²) in [5.74, 6) is -0.541. The fraction of sp³-hybridized carbons (Fsp3) is 0.192. The van der Waals surface area contributed by atoms with Gasteiger partial charge in [-0.1, -0.05) is 35.5 Å². The molecule has 3 aromatic carbocycles. The van der Waals surface area contributed by atoms with Gasteiger partial charge in [-0.15, -0.1) is 0 Å². The van der Waals surface area contributed by atoms with Crippen molar-refractivity contribution >= 4 is 11.6 Å². The first-order valence-electron chi connectivity index (χ1n) is 10.4. The molecule has 0 bridgehead atoms. The minimum absolute atomic E-state index is 0.0227. The molecule has 1 aliphatic rings. The van der Waals surface area contributed by atoms with Crippen LogP contribution in [0.15, 0.2) is 71.9 Å². The summed E-state index contributed by atoms with van der Waals surface area (Å²) >= 11 is 0. The summed E-state index contributed by atoms with van der Waals surface area (Å²) in [5.41, 5.74) is 4.55. The number of amides is 1. The number of nitrogens with one attached hydrogen (secondary N) is 1. The quantitative estimate of drug-likeness (QED) is 0.595. The molecule has 0 fully saturated rings. The van der Waals surface area contributed by atoms with Gasteiger partial charge in [0.2, 0.25) is 0 Å². The van der Waals surface area contributed by atoms with Crippen LogP contribution in [0.2, 0.25) is 0 Å². The van der Waals surface area contributed by atoms with E-state index >= 15 is 0 Å². The van der Waals surface area contributed by atoms with E-state index in [9.17, 15) is 14.4 Å². The number of carbonyl (C=O) groups is 1. The van der Waals surface area contributed by atoms with Gasteiger partial charge in [-0.3, -0.25) is 4.79 Å². The van der Waals surface area contributed by atoms with E-state index in [1.165, 1.54) is 12.1 Å². The minimum atomic E-state index is -0.399. The van der Waals surface area contributed by atoms with Crippen LogP contribution in [-0.4, -0.2) is 17.7 Å². The molecule has 3 aromatic rings. The lowest BCUT2D eigenvalue weighted by atomic mass is 9.93. The first-order chi connectivity index (χ1) is 15.4. The third-order valence-electron chi connectivity index (χ3n) is 5.20. The Bertz CT molecular complexity index is 1240. The first kappa shape index (κ1) is 21.3. The van der Waals surface area contributed by atoms with Crippen molar-refractivity contribution in [1.82, 2.24) is 5.32 Å². The third kappa shape index (κ3) is 4.52. The molecule has 32 heavy (non-hydrogen) atoms. The van der Waals surface area contributed by atoms with Crippen LogP contribution < -0.4 is 5.32 Å². The molecule has 1 unspecified atom stereocenters. The van der Waals surface area contributed by atoms with Crippen molar-refractivity contribution in [3.63, 3.8) is 0 Å². The molecule has 1 heterocycles. The molecule has 1 N–H and O–H groups in total. The summed E-state index contributed by atoms with van der Waals surface area (Å²) in [5, 5.41) is 16.7. The Morgan fingerprint density at radius 1 is 1.12 bits per heavy atom. The van der Waals surface area contributed by atoms with Crippen LogP contribution in [-0.2, 0) is 4.84 Å². The lowest BCUT2D eigenvalue weighted by molar-refractivity contribution is 0.0855. The van der Waals surface area contributed by atoms with Crippen LogP contribution in [0.4, 0.5) is 4.39 Å². The smallest absolute Gasteiger partial charge is 0.251 e. The van der Waals surface area contributed by atoms with E-state index in [4.69, 9.17) is 4.84 Å². The number of hydrogen-bond acceptors (Lipinski definition) is 4. The van der Waals surface area contributed by atoms with Crippen molar-refractivity contribution in [2.24, 2.45) is 5.16 Å². The van der Waals surface area contributed by atoms with Gasteiger partial charge in [-0.05, 0) is 66.9 Å². The number of benzene rings is 3. The molecule has 0 aliphatic carbocycles. The van der Waals surface area contributed by atoms with Crippen molar-refractivity contribution in [1.29, 1.82) is 5.26 Å². The Morgan fingerprint density at radius 3 is 2.66 bits per heavy atom. The number of nitrogens with zero attached hydrogens (tertiary/aromatic N) is 2. The summed E-state index contributed by atoms with van der Waals surface area (Å²) in [6, 6.07) is 21.1. The van der Waals surface area contributed by atoms with E-state index in [2.05, 4.69) is 16.5 Å². The van der Waals surface area contributed by atoms with Crippen LogP contribution in [0, 0.1) is 17.1 Å². The molecular weight excluding hydrogens is 405 g/mol. The van der Waals surface area contributed by atoms with Gasteiger partial charge in [0, 0.05) is 23.6 Å². The molecule has 0 saturated heterocycles. The second-order valence-corrected chi connectivity index (χ2v) is 7.98. The normalized spacial score (nSPS) is 15.1. The predicted molar refractivity (Wildman–Crippen MR) is 121 cm³/mol. The highest BCUT2D eigenvalue weighted by atomic mass is 19.1. The maximum atomic E-state index is 13.6. The lowest BCUT2D eigenvalue weighted by Gasteiger charge is -2.13. The van der Waals surface area contributed by atoms with Crippen LogP contribution in [0.25, 0.3) is 11.1 Å². The predicted octanol–water partition coefficient (Wildman–Crippen LogP) is 5.37. The van der Waals surface area contributed by atoms with Gasteiger partial charge >= 0.3 is 0 Å². The van der Waals surface area contributed by atoms with E-state index in [1.807, 2.05) is 32.0 Å². The summed E-state index contributed by atoms with van der Waals surface area (Å²) in [4.78, 5) is 18.4. The fourth-order valence-corrected chi connectivity index (χ4v) is 3.69. The molecule has 160 valence electrons. The maximum absolute atomic E-state index is 13.6. The molecular formula is C26H22FN3O2. The third-order valence-corrected chi connectivity index (χ3v) is 5.20. The van der Waals surface area contributed by atoms with Crippen molar-refractivity contribution < 1.29 is 14.0 Å². The van der Waals surface area contributed by atoms with E-state index in [1.54, 1.807) is 36.4 Å². The lowest BCUT2D eigenvalue weighted by Crippen LogP contribution is -2.30. The van der Waals surface area contributed by atoms with Crippen LogP contribution in [0.1, 0.15) is 53.4 Å². The van der Waals surface area contributed by atoms with E-state index in [0.717, 1.165) is 16.7 Å². The highest BCUT2D eigenvalue weighted by molar-refractivity contribution is 6.05. The number of hydrogen-bond donors (Lipinski definition) is 1. The largest absolute Gasteiger partial charge is 0.387 e. The van der Waals surface area contributed by atoms with Gasteiger partial charge in [-0.25, -0.2) is 4.39 Å². The Kier molecular flexibility index (Phi) is 6.00. The van der Waals surface area contributed by atoms with E-state index in [-0.39, 0.29) is 17.8 Å². The fourth-order valence-electron chi connectivity index (χ4n) is 3.69. The highest BCUT2D eigenvalue weighted by Gasteiger charge is 2.25. The van der Waals surface area contributed by atoms with Crippen LogP contribution in [0.5, 0.6) is 0 Å². The average Bonchev–Trinajstić information content (AvgIpc) is 3.29. The standard InChI is InChI=1S/C26H22FN3O2/c1-16(2)29-26(31)21-11-19(23-9-4-3-6-18(23)15-28)10-20(12-21)24-14-25(32-30-24)17-7-5-8-22(27)13-17/h3-13,16,25H,14H2,1-2H3,(H,29,31). The zero-order valence-electron chi connectivity index (χ0n) is 17.8. The number of oxime groups is 1. The van der Waals surface area contributed by atoms with Crippen molar-refractivity contribution in [3.05, 3.63) is 94.8 Å². The summed E-state index contributed by atoms with van der Waals surface area (Å²) in [6.07, 6.45) is 0.0431. The number of rotatable bonds is 5. The van der Waals surface area contributed by atoms with Gasteiger partial charge in [0.25, 0.3) is 5.91 Å². The Labute approximate surface area is 186 Å². The second kappa shape index (κ2) is 9.03. The SMILES string of the molecule is CC(C)NC(=O)c1cc(C2=NOC(c3cccc(F)c3)C2)cc(-c2ccccc2C#N)c1. The van der Waals surface area contributed by atoms with Crippen molar-refractivity contribution in [2.75, 3.05) is 0 Å². The van der Waals surface area contributed by atoms with Gasteiger partial charge in [-0.2, -0.15) is 5.26 Å². The van der Waals surface area contributed by atoms with E-state index in [0.29, 0.717) is 28.8 Å². The molecule has 1 atom stereocenters. The van der Waals surface area contributed by atoms with Gasteiger partial charge < -0.3 is 10.2 Å². The highest BCUT2D eigenvalue weighted by Crippen LogP contribution is 2.32. The maximum Gasteiger partial charge on any atom is 0.251 e. The average molecular weight is 427 g/mol. The van der Waals surface area contributed by atoms with Crippen molar-refractivity contribution in [2.45, 2.75) is 32.4 Å². The second-order valence-electron chi connectivity index (χ2n) is 7.98. The zero-order valence-corrected chi connectivity index (χ0v) is 17.8. The van der Waals surface area contributed by atoms with E-state index < -0.39 is 6.10 Å². The molecule has 0 radical (unpaired) electrons. The van der Waals surface area contributed by atoms with Crippen LogP contribution >= 0.6 is 0 Å². The monoisotopic (exact) mass is 427 g/mol. The first-order valence-corrected chi connectivity index (χ1v) is 10.4. The summed E-state index contributed by atoms with van der Waals surface area (Å²) < 4.78 is 13.6. The molecule has 4 rings (SSSR count). The molecule has 0 spiro atoms. The molecule has 0 saturated carbocycles. The Balaban J connectivity index is 1.73. The molecule has 1 amide bonds. The topological polar surface area (TPSA) is 74.5 Å². The van der Waals surface area contributed by atoms with Gasteiger partial charge in [0.15, 0.2) is 6.10 Å². The molecule has 6 heteroatoms. The molecule has 5 nitrogen and oxygen atoms in total. The number of nitriles is 1. The Morgan fingerprint density at radius 2 is 1.91 bits per heavy atom. The minimum Gasteiger partial charge on any atom is -0.387 e. The number of halogens is 1. The van der Waals surface area contributed by atoms with Crippen LogP contribution in [0.3, 0.4) is 0 Å². The molecule has 0 aromatic heterocycles. The number of carbonyl (C=O) groups excluding carboxylic acids is 1. The van der Waals surface area contributed by atoms with Gasteiger partial charge in [0.05, 0.1) is 17.3 Å². The molecule has 1 aliphatic heterocycles. The van der Waals surface area contributed by atoms with Gasteiger partial charge in [0.1, 0.15) is 5.82 Å². The Hall–Kier alpha value is -3.98. The van der Waals surface area contributed by atoms with Crippen molar-refractivity contribution in [3.8, 4) is 17.2 Å².